The first kappa shape index (κ1) is 37.5. The molecule has 0 radical (unpaired) electrons. The Morgan fingerprint density at radius 1 is 1.08 bits per heavy atom. The third-order valence-corrected chi connectivity index (χ3v) is 0.592. The number of rotatable bonds is 1. The van der Waals surface area contributed by atoms with Crippen molar-refractivity contribution in [1.82, 2.24) is 0 Å². The smallest absolute Gasteiger partial charge is 0.390 e. The normalized spacial score (nSPS) is 14.4. The van der Waals surface area contributed by atoms with Gasteiger partial charge in [0.25, 0.3) is 0 Å². The van der Waals surface area contributed by atoms with E-state index in [9.17, 15) is 4.39 Å². The zero-order chi connectivity index (χ0) is 5.11. The van der Waals surface area contributed by atoms with E-state index in [0.29, 0.717) is 6.80 Å². The molecule has 13 heavy (non-hydrogen) atoms. The summed E-state index contributed by atoms with van der Waals surface area (Å²) in [5.74, 6) is 0. The first-order valence-electron chi connectivity index (χ1n) is 1.79. The number of nitrogens with zero attached hydrogens (tertiary/aromatic N) is 2. The van der Waals surface area contributed by atoms with Crippen molar-refractivity contribution in [2.45, 2.75) is 0 Å². The minimum Gasteiger partial charge on any atom is -0.390 e. The van der Waals surface area contributed by atoms with Crippen LogP contribution in [0.1, 0.15) is 0 Å². The number of nitrogens with one attached hydrogen (secondary N) is 1. The Morgan fingerprint density at radius 3 is 1.69 bits per heavy atom. The van der Waals surface area contributed by atoms with E-state index in [0.717, 1.165) is 0 Å². The van der Waals surface area contributed by atoms with Crippen LogP contribution in [0.2, 0.25) is 0 Å². The summed E-state index contributed by atoms with van der Waals surface area (Å²) in [5, 5.41) is 3.77. The van der Waals surface area contributed by atoms with Crippen molar-refractivity contribution in [2.24, 2.45) is 10.1 Å². The van der Waals surface area contributed by atoms with Crippen molar-refractivity contribution in [1.29, 1.82) is 0 Å². The molecule has 0 fully saturated rings. The van der Waals surface area contributed by atoms with Crippen molar-refractivity contribution in [2.75, 3.05) is 0 Å². The van der Waals surface area contributed by atoms with Gasteiger partial charge in [-0.15, -0.1) is 0 Å². The van der Waals surface area contributed by atoms with Gasteiger partial charge >= 0.3 is 291 Å². The maximum atomic E-state index is 11.3. The molecule has 1 aliphatic rings. The van der Waals surface area contributed by atoms with E-state index in [2.05, 4.69) is 10.1 Å². The monoisotopic (exact) mass is 541 g/mol. The van der Waals surface area contributed by atoms with Crippen LogP contribution in [0.4, 0.5) is 4.39 Å². The van der Waals surface area contributed by atoms with Gasteiger partial charge < -0.3 is 11.8 Å². The molecule has 0 saturated carbocycles. The summed E-state index contributed by atoms with van der Waals surface area (Å²) in [6.07, 6.45) is 2.64. The van der Waals surface area contributed by atoms with E-state index in [4.69, 9.17) is 0 Å². The molecule has 1 atom stereocenters. The van der Waals surface area contributed by atoms with Crippen molar-refractivity contribution in [3.63, 3.8) is 0 Å². The standard InChI is InChI=1S/C3H4FN3.CH3.5Rb/c4-1-7-3-5-2-6-7;;;;;;/h1-3,7H;1H3;;;;;/q;-1;5*+1. The number of quaternary nitrogens is 1. The van der Waals surface area contributed by atoms with E-state index in [1.165, 1.54) is 12.7 Å². The van der Waals surface area contributed by atoms with E-state index in [1.807, 2.05) is 0 Å². The second-order valence-corrected chi connectivity index (χ2v) is 1.06. The van der Waals surface area contributed by atoms with E-state index in [1.54, 1.807) is 0 Å². The number of hydrogen-bond donors (Lipinski definition) is 1. The van der Waals surface area contributed by atoms with Gasteiger partial charge in [0.15, 0.2) is 12.7 Å². The van der Waals surface area contributed by atoms with Gasteiger partial charge in [-0.3, -0.25) is 5.01 Å². The first-order chi connectivity index (χ1) is 3.43. The van der Waals surface area contributed by atoms with Crippen LogP contribution in [0.25, 0.3) is 0 Å². The summed E-state index contributed by atoms with van der Waals surface area (Å²) >= 11 is 0. The second kappa shape index (κ2) is 28.4. The Morgan fingerprint density at radius 2 is 1.54 bits per heavy atom. The van der Waals surface area contributed by atoms with Crippen LogP contribution in [-0.2, 0) is 0 Å². The van der Waals surface area contributed by atoms with E-state index >= 15 is 0 Å². The van der Waals surface area contributed by atoms with Crippen molar-refractivity contribution >= 4 is 12.7 Å². The Kier molecular flexibility index (Phi) is 81.9. The molecular formula is C4H7FN3Rb5+4. The number of hydrogen-bond acceptors (Lipinski definition) is 2. The minimum atomic E-state index is 0. The second-order valence-electron chi connectivity index (χ2n) is 1.06. The molecule has 0 aliphatic carbocycles. The molecule has 1 rings (SSSR count). The summed E-state index contributed by atoms with van der Waals surface area (Å²) in [7, 11) is 0. The van der Waals surface area contributed by atoms with Crippen LogP contribution in [0.15, 0.2) is 10.1 Å². The maximum absolute atomic E-state index is 11.3. The van der Waals surface area contributed by atoms with E-state index in [-0.39, 0.29) is 303 Å². The molecule has 0 aromatic rings. The fourth-order valence-corrected chi connectivity index (χ4v) is 0.299. The molecule has 0 aromatic carbocycles. The molecule has 1 aliphatic heterocycles. The SMILES string of the molecule is F[CH-][NH+]1C=NC=N1.[CH3-].[Rb+].[Rb+].[Rb+].[Rb+].[Rb+]. The van der Waals surface area contributed by atoms with Crippen molar-refractivity contribution < 1.29 is 300 Å². The topological polar surface area (TPSA) is 29.2 Å². The van der Waals surface area contributed by atoms with Crippen LogP contribution in [0, 0.1) is 14.2 Å². The molecule has 9 heteroatoms. The third-order valence-electron chi connectivity index (χ3n) is 0.592. The Balaban J connectivity index is -0.0000000204. The van der Waals surface area contributed by atoms with Crippen LogP contribution in [0.5, 0.6) is 0 Å². The van der Waals surface area contributed by atoms with Gasteiger partial charge in [0.1, 0.15) is 0 Å². The van der Waals surface area contributed by atoms with Crippen LogP contribution in [0.3, 0.4) is 0 Å². The van der Waals surface area contributed by atoms with Crippen LogP contribution in [-0.4, -0.2) is 12.7 Å². The van der Waals surface area contributed by atoms with Crippen molar-refractivity contribution in [3.05, 3.63) is 14.2 Å². The number of aliphatic imine (C=N–C) groups is 1. The van der Waals surface area contributed by atoms with Gasteiger partial charge in [-0.05, 0) is 0 Å². The summed E-state index contributed by atoms with van der Waals surface area (Å²) in [5.41, 5.74) is 0. The molecule has 0 aromatic heterocycles. The molecule has 1 unspecified atom stereocenters. The summed E-state index contributed by atoms with van der Waals surface area (Å²) in [4.78, 5) is 3.51. The Hall–Kier alpha value is 8.26. The molecule has 0 bridgehead atoms. The average molecular weight is 543 g/mol. The molecule has 3 nitrogen and oxygen atoms in total. The first-order valence-corrected chi connectivity index (χ1v) is 1.79. The fraction of sp³-hybridized carbons (Fsp3) is 0. The predicted octanol–water partition coefficient (Wildman–Crippen LogP) is -15.6. The molecular weight excluding hydrogens is 536 g/mol. The summed E-state index contributed by atoms with van der Waals surface area (Å²) < 4.78 is 11.3. The minimum absolute atomic E-state index is 0. The summed E-state index contributed by atoms with van der Waals surface area (Å²) in [6.45, 7) is 0.410. The van der Waals surface area contributed by atoms with Gasteiger partial charge in [0.05, 0.1) is 6.80 Å². The molecule has 1 N–H and O–H groups in total. The Bertz CT molecular complexity index is 110. The number of halogens is 1. The molecule has 0 spiro atoms. The zero-order valence-electron chi connectivity index (χ0n) is 9.50. The maximum Gasteiger partial charge on any atom is 1.00 e. The van der Waals surface area contributed by atoms with Crippen LogP contribution < -0.4 is 296 Å². The molecule has 0 saturated heterocycles. The van der Waals surface area contributed by atoms with Gasteiger partial charge in [-0.2, -0.15) is 4.99 Å². The van der Waals surface area contributed by atoms with E-state index < -0.39 is 0 Å². The fourth-order valence-electron chi connectivity index (χ4n) is 0.299. The molecule has 0 amide bonds. The van der Waals surface area contributed by atoms with Gasteiger partial charge in [-0.25, -0.2) is 0 Å². The van der Waals surface area contributed by atoms with Gasteiger partial charge in [0, 0.05) is 0 Å². The largest absolute Gasteiger partial charge is 1.00 e. The predicted molar refractivity (Wildman–Crippen MR) is 29.8 cm³/mol. The Labute approximate surface area is 324 Å². The van der Waals surface area contributed by atoms with Gasteiger partial charge in [-0.1, -0.05) is 5.10 Å². The molecule has 1 heterocycles. The molecule has 46 valence electrons. The quantitative estimate of drug-likeness (QED) is 0.252. The van der Waals surface area contributed by atoms with Gasteiger partial charge in [0.2, 0.25) is 0 Å². The van der Waals surface area contributed by atoms with Crippen LogP contribution >= 0.6 is 0 Å². The average Bonchev–Trinajstić information content (AvgIpc) is 2.14. The zero-order valence-corrected chi connectivity index (χ0v) is 34.1. The van der Waals surface area contributed by atoms with Crippen molar-refractivity contribution in [3.8, 4) is 0 Å². The summed E-state index contributed by atoms with van der Waals surface area (Å²) in [6, 6.07) is 0. The third kappa shape index (κ3) is 22.7.